The van der Waals surface area contributed by atoms with Crippen LogP contribution in [0.25, 0.3) is 0 Å². The molecule has 0 aliphatic carbocycles. The van der Waals surface area contributed by atoms with Crippen molar-refractivity contribution >= 4 is 28.3 Å². The molecule has 2 N–H and O–H groups in total. The summed E-state index contributed by atoms with van der Waals surface area (Å²) in [6.45, 7) is -0.206. The molecule has 72 valence electrons. The normalized spacial score (nSPS) is 8.79. The average molecular weight is 211 g/mol. The van der Waals surface area contributed by atoms with E-state index >= 15 is 0 Å². The van der Waals surface area contributed by atoms with Crippen LogP contribution < -0.4 is 10.6 Å². The molecule has 0 atom stereocenters. The monoisotopic (exact) mass is 211 g/mol. The van der Waals surface area contributed by atoms with Crippen LogP contribution in [0.2, 0.25) is 0 Å². The van der Waals surface area contributed by atoms with Crippen LogP contribution in [0.5, 0.6) is 0 Å². The van der Waals surface area contributed by atoms with Gasteiger partial charge in [-0.1, -0.05) is 11.3 Å². The Morgan fingerprint density at radius 1 is 1.57 bits per heavy atom. The van der Waals surface area contributed by atoms with E-state index in [9.17, 15) is 9.59 Å². The molecule has 0 aromatic carbocycles. The van der Waals surface area contributed by atoms with E-state index in [0.717, 1.165) is 11.3 Å². The summed E-state index contributed by atoms with van der Waals surface area (Å²) in [7, 11) is 0. The highest BCUT2D eigenvalue weighted by molar-refractivity contribution is 7.13. The number of anilines is 1. The highest BCUT2D eigenvalue weighted by Crippen LogP contribution is 2.06. The Balaban J connectivity index is 2.43. The maximum absolute atomic E-state index is 11.0. The van der Waals surface area contributed by atoms with Crippen LogP contribution in [-0.4, -0.2) is 28.6 Å². The molecule has 0 spiro atoms. The molecule has 1 aromatic heterocycles. The Hall–Kier alpha value is -2.01. The largest absolute Gasteiger partial charge is 0.335 e. The van der Waals surface area contributed by atoms with Gasteiger partial charge in [-0.2, -0.15) is 5.26 Å². The number of nitrogens with one attached hydrogen (secondary N) is 2. The van der Waals surface area contributed by atoms with Crippen molar-refractivity contribution in [1.82, 2.24) is 15.5 Å². The fourth-order valence-electron chi connectivity index (χ4n) is 0.582. The lowest BCUT2D eigenvalue weighted by atomic mass is 10.5. The summed E-state index contributed by atoms with van der Waals surface area (Å²) in [5.41, 5.74) is 1.42. The molecule has 14 heavy (non-hydrogen) atoms. The third kappa shape index (κ3) is 2.80. The fraction of sp³-hybridized carbons (Fsp3) is 0.167. The van der Waals surface area contributed by atoms with Crippen LogP contribution >= 0.6 is 11.3 Å². The van der Waals surface area contributed by atoms with Crippen LogP contribution in [0.1, 0.15) is 0 Å². The van der Waals surface area contributed by atoms with Gasteiger partial charge in [0.1, 0.15) is 12.1 Å². The maximum Gasteiger partial charge on any atom is 0.315 e. The zero-order valence-electron chi connectivity index (χ0n) is 6.85. The Morgan fingerprint density at radius 3 is 2.93 bits per heavy atom. The first-order valence-electron chi connectivity index (χ1n) is 3.46. The molecule has 0 radical (unpaired) electrons. The van der Waals surface area contributed by atoms with E-state index < -0.39 is 11.8 Å². The van der Waals surface area contributed by atoms with Crippen LogP contribution in [0.15, 0.2) is 5.51 Å². The molecule has 2 amide bonds. The van der Waals surface area contributed by atoms with E-state index in [2.05, 4.69) is 20.8 Å². The molecule has 0 aliphatic rings. The first-order valence-corrected chi connectivity index (χ1v) is 4.34. The number of nitrogens with zero attached hydrogens (tertiary/aromatic N) is 3. The van der Waals surface area contributed by atoms with Crippen molar-refractivity contribution in [2.75, 3.05) is 11.9 Å². The SMILES string of the molecule is N#CCNC(=O)C(=O)Nc1nncs1. The first-order chi connectivity index (χ1) is 6.74. The molecule has 1 aromatic rings. The minimum atomic E-state index is -0.873. The van der Waals surface area contributed by atoms with Crippen molar-refractivity contribution in [3.63, 3.8) is 0 Å². The second-order valence-electron chi connectivity index (χ2n) is 2.04. The molecule has 8 heteroatoms. The van der Waals surface area contributed by atoms with Gasteiger partial charge < -0.3 is 5.32 Å². The summed E-state index contributed by atoms with van der Waals surface area (Å²) in [5.74, 6) is -1.74. The van der Waals surface area contributed by atoms with Gasteiger partial charge in [0.2, 0.25) is 5.13 Å². The minimum Gasteiger partial charge on any atom is -0.335 e. The quantitative estimate of drug-likeness (QED) is 0.487. The second-order valence-corrected chi connectivity index (χ2v) is 2.87. The van der Waals surface area contributed by atoms with Crippen molar-refractivity contribution < 1.29 is 9.59 Å². The summed E-state index contributed by atoms with van der Waals surface area (Å²) in [5, 5.41) is 19.7. The number of hydrogen-bond acceptors (Lipinski definition) is 6. The predicted octanol–water partition coefficient (Wildman–Crippen LogP) is -0.884. The lowest BCUT2D eigenvalue weighted by molar-refractivity contribution is -0.136. The van der Waals surface area contributed by atoms with Gasteiger partial charge in [-0.3, -0.25) is 14.9 Å². The molecule has 0 saturated heterocycles. The first kappa shape index (κ1) is 10.1. The van der Waals surface area contributed by atoms with Gasteiger partial charge in [0.05, 0.1) is 6.07 Å². The Morgan fingerprint density at radius 2 is 2.36 bits per heavy atom. The minimum absolute atomic E-state index is 0.206. The molecular weight excluding hydrogens is 206 g/mol. The number of rotatable bonds is 2. The van der Waals surface area contributed by atoms with E-state index in [1.165, 1.54) is 5.51 Å². The standard InChI is InChI=1S/C6H5N5O2S/c7-1-2-8-4(12)5(13)10-6-11-9-3-14-6/h3H,2H2,(H,8,12)(H,10,11,13). The summed E-state index contributed by atoms with van der Waals surface area (Å²) < 4.78 is 0. The Bertz CT molecular complexity index is 368. The molecule has 7 nitrogen and oxygen atoms in total. The predicted molar refractivity (Wildman–Crippen MR) is 47.2 cm³/mol. The molecule has 0 aliphatic heterocycles. The number of carbonyl (C=O) groups excluding carboxylic acids is 2. The highest BCUT2D eigenvalue weighted by atomic mass is 32.1. The van der Waals surface area contributed by atoms with Crippen molar-refractivity contribution in [2.24, 2.45) is 0 Å². The second kappa shape index (κ2) is 4.88. The van der Waals surface area contributed by atoms with Crippen molar-refractivity contribution in [3.05, 3.63) is 5.51 Å². The van der Waals surface area contributed by atoms with E-state index in [1.807, 2.05) is 0 Å². The number of hydrogen-bond donors (Lipinski definition) is 2. The van der Waals surface area contributed by atoms with Crippen LogP contribution in [0.3, 0.4) is 0 Å². The van der Waals surface area contributed by atoms with Crippen molar-refractivity contribution in [2.45, 2.75) is 0 Å². The van der Waals surface area contributed by atoms with Gasteiger partial charge in [-0.25, -0.2) is 0 Å². The summed E-state index contributed by atoms with van der Waals surface area (Å²) in [6.07, 6.45) is 0. The summed E-state index contributed by atoms with van der Waals surface area (Å²) >= 11 is 1.09. The average Bonchev–Trinajstić information content (AvgIpc) is 2.66. The lowest BCUT2D eigenvalue weighted by Gasteiger charge is -1.99. The summed E-state index contributed by atoms with van der Waals surface area (Å²) in [6, 6.07) is 1.68. The zero-order valence-corrected chi connectivity index (χ0v) is 7.67. The molecule has 0 fully saturated rings. The Kier molecular flexibility index (Phi) is 3.51. The maximum atomic E-state index is 11.0. The zero-order chi connectivity index (χ0) is 10.4. The van der Waals surface area contributed by atoms with E-state index in [0.29, 0.717) is 0 Å². The topological polar surface area (TPSA) is 108 Å². The van der Waals surface area contributed by atoms with Gasteiger partial charge in [-0.05, 0) is 0 Å². The molecule has 0 saturated carbocycles. The van der Waals surface area contributed by atoms with E-state index in [4.69, 9.17) is 5.26 Å². The van der Waals surface area contributed by atoms with Crippen LogP contribution in [0.4, 0.5) is 5.13 Å². The third-order valence-electron chi connectivity index (χ3n) is 1.11. The van der Waals surface area contributed by atoms with Gasteiger partial charge in [0.25, 0.3) is 0 Å². The third-order valence-corrected chi connectivity index (χ3v) is 1.72. The van der Waals surface area contributed by atoms with Crippen LogP contribution in [0, 0.1) is 11.3 Å². The number of aromatic nitrogens is 2. The fourth-order valence-corrected chi connectivity index (χ4v) is 1.02. The van der Waals surface area contributed by atoms with Crippen molar-refractivity contribution in [3.8, 4) is 6.07 Å². The van der Waals surface area contributed by atoms with Gasteiger partial charge >= 0.3 is 11.8 Å². The van der Waals surface area contributed by atoms with Gasteiger partial charge in [-0.15, -0.1) is 10.2 Å². The smallest absolute Gasteiger partial charge is 0.315 e. The lowest BCUT2D eigenvalue weighted by Crippen LogP contribution is -2.35. The molecule has 0 unspecified atom stereocenters. The van der Waals surface area contributed by atoms with Gasteiger partial charge in [0.15, 0.2) is 0 Å². The van der Waals surface area contributed by atoms with Gasteiger partial charge in [0, 0.05) is 0 Å². The summed E-state index contributed by atoms with van der Waals surface area (Å²) in [4.78, 5) is 21.9. The molecular formula is C6H5N5O2S. The van der Waals surface area contributed by atoms with Crippen LogP contribution in [-0.2, 0) is 9.59 Å². The number of amides is 2. The number of carbonyl (C=O) groups is 2. The molecule has 1 rings (SSSR count). The number of nitriles is 1. The molecule has 0 bridgehead atoms. The molecule has 1 heterocycles. The van der Waals surface area contributed by atoms with E-state index in [-0.39, 0.29) is 11.7 Å². The van der Waals surface area contributed by atoms with E-state index in [1.54, 1.807) is 6.07 Å². The van der Waals surface area contributed by atoms with Crippen molar-refractivity contribution in [1.29, 1.82) is 5.26 Å². The Labute approximate surface area is 82.8 Å². The highest BCUT2D eigenvalue weighted by Gasteiger charge is 2.13.